The fraction of sp³-hybridized carbons (Fsp3) is 0.261. The molecule has 3 rings (SSSR count). The van der Waals surface area contributed by atoms with Gasteiger partial charge in [0, 0.05) is 10.9 Å². The fourth-order valence-corrected chi connectivity index (χ4v) is 4.19. The van der Waals surface area contributed by atoms with Crippen molar-refractivity contribution in [3.05, 3.63) is 63.6 Å². The highest BCUT2D eigenvalue weighted by Gasteiger charge is 2.31. The molecule has 0 aliphatic rings. The molecule has 0 bridgehead atoms. The minimum atomic E-state index is -1.11. The van der Waals surface area contributed by atoms with Gasteiger partial charge in [-0.3, -0.25) is 4.79 Å². The minimum Gasteiger partial charge on any atom is -0.464 e. The number of esters is 1. The number of aromatic nitrogens is 1. The number of hydrogen-bond acceptors (Lipinski definition) is 5. The number of thiazole rings is 1. The van der Waals surface area contributed by atoms with E-state index in [-0.39, 0.29) is 18.9 Å². The molecule has 0 saturated heterocycles. The summed E-state index contributed by atoms with van der Waals surface area (Å²) in [5.41, 5.74) is 2.22. The van der Waals surface area contributed by atoms with E-state index in [1.54, 1.807) is 26.8 Å². The molecule has 1 N–H and O–H groups in total. The maximum atomic E-state index is 12.5. The van der Waals surface area contributed by atoms with Crippen LogP contribution >= 0.6 is 34.5 Å². The fourth-order valence-electron chi connectivity index (χ4n) is 3.01. The van der Waals surface area contributed by atoms with E-state index in [9.17, 15) is 9.59 Å². The molecule has 1 aromatic heterocycles. The summed E-state index contributed by atoms with van der Waals surface area (Å²) in [6.07, 6.45) is 0.0430. The second-order valence-corrected chi connectivity index (χ2v) is 9.06. The number of halogens is 2. The van der Waals surface area contributed by atoms with Crippen molar-refractivity contribution in [1.82, 2.24) is 10.3 Å². The Morgan fingerprint density at radius 1 is 1.10 bits per heavy atom. The highest BCUT2D eigenvalue weighted by atomic mass is 35.5. The third kappa shape index (κ3) is 5.64. The van der Waals surface area contributed by atoms with Gasteiger partial charge in [0.25, 0.3) is 0 Å². The van der Waals surface area contributed by atoms with Gasteiger partial charge in [0.1, 0.15) is 10.5 Å². The van der Waals surface area contributed by atoms with Crippen LogP contribution in [0.1, 0.15) is 26.5 Å². The van der Waals surface area contributed by atoms with E-state index < -0.39 is 11.5 Å². The number of hydrogen-bond donors (Lipinski definition) is 1. The van der Waals surface area contributed by atoms with Crippen molar-refractivity contribution in [1.29, 1.82) is 0 Å². The van der Waals surface area contributed by atoms with Gasteiger partial charge < -0.3 is 10.1 Å². The van der Waals surface area contributed by atoms with E-state index in [4.69, 9.17) is 27.9 Å². The topological polar surface area (TPSA) is 68.3 Å². The lowest BCUT2D eigenvalue weighted by Gasteiger charge is -2.23. The molecule has 0 aliphatic heterocycles. The van der Waals surface area contributed by atoms with Crippen LogP contribution in [0.25, 0.3) is 21.7 Å². The number of benzene rings is 2. The van der Waals surface area contributed by atoms with Crippen molar-refractivity contribution in [3.63, 3.8) is 0 Å². The summed E-state index contributed by atoms with van der Waals surface area (Å²) in [7, 11) is 0. The van der Waals surface area contributed by atoms with E-state index in [0.29, 0.717) is 15.7 Å². The van der Waals surface area contributed by atoms with Crippen molar-refractivity contribution in [2.45, 2.75) is 32.7 Å². The quantitative estimate of drug-likeness (QED) is 0.438. The van der Waals surface area contributed by atoms with Crippen LogP contribution in [-0.2, 0) is 20.7 Å². The third-order valence-electron chi connectivity index (χ3n) is 4.51. The summed E-state index contributed by atoms with van der Waals surface area (Å²) in [6, 6.07) is 13.4. The maximum absolute atomic E-state index is 12.5. The number of nitrogens with zero attached hydrogens (tertiary/aromatic N) is 1. The van der Waals surface area contributed by atoms with Crippen LogP contribution in [0, 0.1) is 0 Å². The highest BCUT2D eigenvalue weighted by Crippen LogP contribution is 2.39. The van der Waals surface area contributed by atoms with Crippen LogP contribution in [-0.4, -0.2) is 29.0 Å². The molecule has 0 unspecified atom stereocenters. The molecule has 5 nitrogen and oxygen atoms in total. The van der Waals surface area contributed by atoms with Gasteiger partial charge in [-0.1, -0.05) is 53.5 Å². The molecule has 1 heterocycles. The number of ether oxygens (including phenoxy) is 1. The van der Waals surface area contributed by atoms with Crippen molar-refractivity contribution in [2.24, 2.45) is 0 Å². The first-order chi connectivity index (χ1) is 14.7. The molecule has 0 saturated carbocycles. The summed E-state index contributed by atoms with van der Waals surface area (Å²) in [4.78, 5) is 29.1. The molecular weight excluding hydrogens is 455 g/mol. The second kappa shape index (κ2) is 9.81. The summed E-state index contributed by atoms with van der Waals surface area (Å²) >= 11 is 14.0. The Kier molecular flexibility index (Phi) is 7.36. The minimum absolute atomic E-state index is 0.0430. The maximum Gasteiger partial charge on any atom is 0.331 e. The van der Waals surface area contributed by atoms with Crippen LogP contribution in [0.3, 0.4) is 0 Å². The average molecular weight is 477 g/mol. The zero-order valence-corrected chi connectivity index (χ0v) is 19.7. The predicted octanol–water partition coefficient (Wildman–Crippen LogP) is 5.78. The van der Waals surface area contributed by atoms with E-state index in [2.05, 4.69) is 10.3 Å². The highest BCUT2D eigenvalue weighted by molar-refractivity contribution is 7.13. The van der Waals surface area contributed by atoms with Gasteiger partial charge in [-0.15, -0.1) is 11.3 Å². The Morgan fingerprint density at radius 3 is 2.39 bits per heavy atom. The molecule has 0 aliphatic carbocycles. The number of amides is 1. The molecule has 0 spiro atoms. The molecule has 8 heteroatoms. The normalized spacial score (nSPS) is 11.3. The Balaban J connectivity index is 1.84. The van der Waals surface area contributed by atoms with E-state index >= 15 is 0 Å². The first-order valence-corrected chi connectivity index (χ1v) is 11.3. The zero-order valence-electron chi connectivity index (χ0n) is 17.4. The number of carbonyl (C=O) groups excluding carboxylic acids is 2. The van der Waals surface area contributed by atoms with E-state index in [1.165, 1.54) is 11.3 Å². The van der Waals surface area contributed by atoms with Gasteiger partial charge in [0.2, 0.25) is 5.91 Å². The molecule has 31 heavy (non-hydrogen) atoms. The van der Waals surface area contributed by atoms with Crippen LogP contribution in [0.15, 0.2) is 47.8 Å². The lowest BCUT2D eigenvalue weighted by molar-refractivity contribution is -0.151. The summed E-state index contributed by atoms with van der Waals surface area (Å²) in [6.45, 7) is 5.19. The van der Waals surface area contributed by atoms with Crippen LogP contribution in [0.4, 0.5) is 0 Å². The van der Waals surface area contributed by atoms with Gasteiger partial charge in [-0.2, -0.15) is 0 Å². The van der Waals surface area contributed by atoms with Crippen molar-refractivity contribution in [3.8, 4) is 21.7 Å². The molecule has 0 radical (unpaired) electrons. The summed E-state index contributed by atoms with van der Waals surface area (Å²) in [5.74, 6) is -0.794. The van der Waals surface area contributed by atoms with Gasteiger partial charge >= 0.3 is 5.97 Å². The van der Waals surface area contributed by atoms with Crippen molar-refractivity contribution in [2.75, 3.05) is 6.61 Å². The van der Waals surface area contributed by atoms with Crippen LogP contribution < -0.4 is 5.32 Å². The molecule has 2 aromatic carbocycles. The van der Waals surface area contributed by atoms with Gasteiger partial charge in [-0.25, -0.2) is 9.78 Å². The van der Waals surface area contributed by atoms with Crippen LogP contribution in [0.5, 0.6) is 0 Å². The van der Waals surface area contributed by atoms with Gasteiger partial charge in [0.15, 0.2) is 0 Å². The Bertz CT molecular complexity index is 1100. The van der Waals surface area contributed by atoms with Crippen molar-refractivity contribution < 1.29 is 14.3 Å². The molecule has 162 valence electrons. The smallest absolute Gasteiger partial charge is 0.331 e. The summed E-state index contributed by atoms with van der Waals surface area (Å²) < 4.78 is 5.01. The lowest BCUT2D eigenvalue weighted by atomic mass is 10.00. The van der Waals surface area contributed by atoms with Gasteiger partial charge in [0.05, 0.1) is 28.8 Å². The van der Waals surface area contributed by atoms with E-state index in [1.807, 2.05) is 41.8 Å². The first-order valence-electron chi connectivity index (χ1n) is 9.68. The first kappa shape index (κ1) is 23.3. The molecule has 0 fully saturated rings. The molecule has 0 atom stereocenters. The zero-order chi connectivity index (χ0) is 22.6. The van der Waals surface area contributed by atoms with E-state index in [0.717, 1.165) is 21.7 Å². The number of nitrogens with one attached hydrogen (secondary N) is 1. The molecule has 3 aromatic rings. The largest absolute Gasteiger partial charge is 0.464 e. The molecular formula is C23H22Cl2N2O3S. The monoisotopic (exact) mass is 476 g/mol. The Morgan fingerprint density at radius 2 is 1.74 bits per heavy atom. The average Bonchev–Trinajstić information content (AvgIpc) is 3.18. The Hall–Kier alpha value is -2.41. The number of rotatable bonds is 7. The SMILES string of the molecule is CCOC(=O)C(C)(C)NC(=O)Cc1csc(-c2cc(Cl)c(Cl)cc2-c2ccccc2)n1. The molecule has 1 amide bonds. The standard InChI is InChI=1S/C23H22Cl2N2O3S/c1-4-30-22(29)23(2,3)27-20(28)10-15-13-31-21(26-15)17-12-19(25)18(24)11-16(17)14-8-6-5-7-9-14/h5-9,11-13H,4,10H2,1-3H3,(H,27,28). The second-order valence-electron chi connectivity index (χ2n) is 7.39. The predicted molar refractivity (Wildman–Crippen MR) is 126 cm³/mol. The Labute approximate surface area is 195 Å². The van der Waals surface area contributed by atoms with Crippen molar-refractivity contribution >= 4 is 46.4 Å². The lowest BCUT2D eigenvalue weighted by Crippen LogP contribution is -2.51. The van der Waals surface area contributed by atoms with Crippen LogP contribution in [0.2, 0.25) is 10.0 Å². The number of carbonyl (C=O) groups is 2. The summed E-state index contributed by atoms with van der Waals surface area (Å²) in [5, 5.41) is 6.15. The third-order valence-corrected chi connectivity index (χ3v) is 6.15. The van der Waals surface area contributed by atoms with Gasteiger partial charge in [-0.05, 0) is 44.0 Å².